The van der Waals surface area contributed by atoms with E-state index in [9.17, 15) is 0 Å². The van der Waals surface area contributed by atoms with Crippen LogP contribution >= 0.6 is 0 Å². The Morgan fingerprint density at radius 2 is 2.29 bits per heavy atom. The number of rotatable bonds is 5. The quantitative estimate of drug-likeness (QED) is 0.909. The Morgan fingerprint density at radius 1 is 1.38 bits per heavy atom. The molecule has 2 heterocycles. The molecule has 112 valence electrons. The Morgan fingerprint density at radius 3 is 3.05 bits per heavy atom. The van der Waals surface area contributed by atoms with E-state index in [4.69, 9.17) is 4.74 Å². The molecule has 1 saturated heterocycles. The number of nitrogens with zero attached hydrogens (tertiary/aromatic N) is 1. The van der Waals surface area contributed by atoms with Crippen LogP contribution in [0.5, 0.6) is 0 Å². The summed E-state index contributed by atoms with van der Waals surface area (Å²) in [7, 11) is 0. The SMILES string of the molecule is CCCNC(c1cccc2cnccc12)C1CCOC1C. The minimum absolute atomic E-state index is 0.316. The highest BCUT2D eigenvalue weighted by Gasteiger charge is 2.33. The van der Waals surface area contributed by atoms with Gasteiger partial charge in [-0.3, -0.25) is 4.98 Å². The van der Waals surface area contributed by atoms with E-state index in [2.05, 4.69) is 48.4 Å². The van der Waals surface area contributed by atoms with Gasteiger partial charge >= 0.3 is 0 Å². The van der Waals surface area contributed by atoms with Crippen molar-refractivity contribution in [1.29, 1.82) is 0 Å². The van der Waals surface area contributed by atoms with E-state index in [1.807, 2.05) is 12.4 Å². The number of ether oxygens (including phenoxy) is 1. The number of nitrogens with one attached hydrogen (secondary N) is 1. The van der Waals surface area contributed by atoms with E-state index in [0.717, 1.165) is 26.0 Å². The lowest BCUT2D eigenvalue weighted by Crippen LogP contribution is -2.32. The average molecular weight is 284 g/mol. The molecule has 0 amide bonds. The van der Waals surface area contributed by atoms with Gasteiger partial charge in [0.15, 0.2) is 0 Å². The molecular formula is C18H24N2O. The van der Waals surface area contributed by atoms with E-state index in [1.54, 1.807) is 0 Å². The van der Waals surface area contributed by atoms with Gasteiger partial charge in [-0.05, 0) is 43.3 Å². The summed E-state index contributed by atoms with van der Waals surface area (Å²) in [6.45, 7) is 6.33. The first-order valence-electron chi connectivity index (χ1n) is 7.99. The number of hydrogen-bond donors (Lipinski definition) is 1. The van der Waals surface area contributed by atoms with Crippen molar-refractivity contribution in [3.05, 3.63) is 42.2 Å². The average Bonchev–Trinajstić information content (AvgIpc) is 2.94. The summed E-state index contributed by atoms with van der Waals surface area (Å²) < 4.78 is 5.81. The molecule has 3 atom stereocenters. The Bertz CT molecular complexity index is 593. The summed E-state index contributed by atoms with van der Waals surface area (Å²) in [6, 6.07) is 9.01. The van der Waals surface area contributed by atoms with E-state index >= 15 is 0 Å². The smallest absolute Gasteiger partial charge is 0.0594 e. The summed E-state index contributed by atoms with van der Waals surface area (Å²) in [4.78, 5) is 4.24. The van der Waals surface area contributed by atoms with E-state index in [1.165, 1.54) is 16.3 Å². The first kappa shape index (κ1) is 14.5. The molecule has 3 rings (SSSR count). The van der Waals surface area contributed by atoms with Gasteiger partial charge in [-0.25, -0.2) is 0 Å². The second-order valence-corrected chi connectivity index (χ2v) is 5.90. The normalized spacial score (nSPS) is 23.5. The van der Waals surface area contributed by atoms with Crippen molar-refractivity contribution in [2.75, 3.05) is 13.2 Å². The molecular weight excluding hydrogens is 260 g/mol. The Balaban J connectivity index is 2.01. The molecule has 0 bridgehead atoms. The van der Waals surface area contributed by atoms with Gasteiger partial charge in [0.25, 0.3) is 0 Å². The van der Waals surface area contributed by atoms with E-state index in [0.29, 0.717) is 18.1 Å². The van der Waals surface area contributed by atoms with Crippen LogP contribution in [0.15, 0.2) is 36.7 Å². The molecule has 1 aromatic heterocycles. The molecule has 0 saturated carbocycles. The van der Waals surface area contributed by atoms with Crippen molar-refractivity contribution >= 4 is 10.8 Å². The molecule has 1 aliphatic heterocycles. The molecule has 3 heteroatoms. The summed E-state index contributed by atoms with van der Waals surface area (Å²) >= 11 is 0. The molecule has 0 spiro atoms. The second-order valence-electron chi connectivity index (χ2n) is 5.90. The minimum atomic E-state index is 0.316. The highest BCUT2D eigenvalue weighted by Crippen LogP contribution is 2.36. The Kier molecular flexibility index (Phi) is 4.51. The molecule has 1 aliphatic rings. The third-order valence-electron chi connectivity index (χ3n) is 4.53. The Hall–Kier alpha value is -1.45. The fourth-order valence-electron chi connectivity index (χ4n) is 3.40. The highest BCUT2D eigenvalue weighted by atomic mass is 16.5. The molecule has 3 nitrogen and oxygen atoms in total. The first-order chi connectivity index (χ1) is 10.3. The first-order valence-corrected chi connectivity index (χ1v) is 7.99. The van der Waals surface area contributed by atoms with Gasteiger partial charge in [-0.1, -0.05) is 25.1 Å². The molecule has 0 radical (unpaired) electrons. The molecule has 3 unspecified atom stereocenters. The van der Waals surface area contributed by atoms with Gasteiger partial charge in [-0.15, -0.1) is 0 Å². The van der Waals surface area contributed by atoms with Crippen LogP contribution in [-0.4, -0.2) is 24.2 Å². The van der Waals surface area contributed by atoms with Gasteiger partial charge in [-0.2, -0.15) is 0 Å². The lowest BCUT2D eigenvalue weighted by atomic mass is 9.86. The van der Waals surface area contributed by atoms with Crippen LogP contribution in [0.1, 0.15) is 38.3 Å². The lowest BCUT2D eigenvalue weighted by molar-refractivity contribution is 0.0955. The predicted octanol–water partition coefficient (Wildman–Crippen LogP) is 3.70. The van der Waals surface area contributed by atoms with Crippen LogP contribution in [0.4, 0.5) is 0 Å². The van der Waals surface area contributed by atoms with Crippen LogP contribution in [0.3, 0.4) is 0 Å². The van der Waals surface area contributed by atoms with Gasteiger partial charge in [0.2, 0.25) is 0 Å². The van der Waals surface area contributed by atoms with Crippen molar-refractivity contribution in [3.8, 4) is 0 Å². The number of aromatic nitrogens is 1. The highest BCUT2D eigenvalue weighted by molar-refractivity contribution is 5.85. The summed E-state index contributed by atoms with van der Waals surface area (Å²) in [5.41, 5.74) is 1.38. The predicted molar refractivity (Wildman–Crippen MR) is 86.3 cm³/mol. The van der Waals surface area contributed by atoms with Crippen molar-refractivity contribution in [1.82, 2.24) is 10.3 Å². The summed E-state index contributed by atoms with van der Waals surface area (Å²) in [5.74, 6) is 0.537. The van der Waals surface area contributed by atoms with Crippen molar-refractivity contribution in [2.45, 2.75) is 38.8 Å². The maximum atomic E-state index is 5.81. The fraction of sp³-hybridized carbons (Fsp3) is 0.500. The maximum absolute atomic E-state index is 5.81. The number of fused-ring (bicyclic) bond motifs is 1. The number of hydrogen-bond acceptors (Lipinski definition) is 3. The van der Waals surface area contributed by atoms with Gasteiger partial charge in [0.1, 0.15) is 0 Å². The number of benzene rings is 1. The molecule has 1 aromatic carbocycles. The molecule has 1 N–H and O–H groups in total. The lowest BCUT2D eigenvalue weighted by Gasteiger charge is -2.28. The van der Waals surface area contributed by atoms with E-state index < -0.39 is 0 Å². The van der Waals surface area contributed by atoms with Gasteiger partial charge in [0, 0.05) is 36.3 Å². The molecule has 1 fully saturated rings. The van der Waals surface area contributed by atoms with Crippen molar-refractivity contribution < 1.29 is 4.74 Å². The third-order valence-corrected chi connectivity index (χ3v) is 4.53. The van der Waals surface area contributed by atoms with Crippen LogP contribution in [0.25, 0.3) is 10.8 Å². The monoisotopic (exact) mass is 284 g/mol. The fourth-order valence-corrected chi connectivity index (χ4v) is 3.40. The molecule has 0 aliphatic carbocycles. The standard InChI is InChI=1S/C18H24N2O/c1-3-9-20-18(15-8-11-21-13(15)2)17-6-4-5-14-12-19-10-7-16(14)17/h4-7,10,12-13,15,18,20H,3,8-9,11H2,1-2H3. The second kappa shape index (κ2) is 6.54. The van der Waals surface area contributed by atoms with E-state index in [-0.39, 0.29) is 0 Å². The molecule has 2 aromatic rings. The number of pyridine rings is 1. The summed E-state index contributed by atoms with van der Waals surface area (Å²) in [5, 5.41) is 6.27. The minimum Gasteiger partial charge on any atom is -0.378 e. The van der Waals surface area contributed by atoms with Crippen LogP contribution in [-0.2, 0) is 4.74 Å². The zero-order valence-corrected chi connectivity index (χ0v) is 12.9. The van der Waals surface area contributed by atoms with Crippen molar-refractivity contribution in [2.24, 2.45) is 5.92 Å². The zero-order chi connectivity index (χ0) is 14.7. The van der Waals surface area contributed by atoms with Gasteiger partial charge in [0.05, 0.1) is 6.10 Å². The van der Waals surface area contributed by atoms with Crippen molar-refractivity contribution in [3.63, 3.8) is 0 Å². The van der Waals surface area contributed by atoms with Crippen LogP contribution < -0.4 is 5.32 Å². The topological polar surface area (TPSA) is 34.2 Å². The Labute approximate surface area is 126 Å². The van der Waals surface area contributed by atoms with Gasteiger partial charge < -0.3 is 10.1 Å². The summed E-state index contributed by atoms with van der Waals surface area (Å²) in [6.07, 6.45) is 6.42. The molecule has 21 heavy (non-hydrogen) atoms. The zero-order valence-electron chi connectivity index (χ0n) is 12.9. The van der Waals surface area contributed by atoms with Crippen LogP contribution in [0, 0.1) is 5.92 Å². The van der Waals surface area contributed by atoms with Crippen LogP contribution in [0.2, 0.25) is 0 Å². The largest absolute Gasteiger partial charge is 0.378 e. The third kappa shape index (κ3) is 2.94. The maximum Gasteiger partial charge on any atom is 0.0594 e.